The van der Waals surface area contributed by atoms with Crippen molar-refractivity contribution in [3.05, 3.63) is 0 Å². The minimum atomic E-state index is -1.16. The third-order valence-corrected chi connectivity index (χ3v) is 3.13. The number of esters is 2. The summed E-state index contributed by atoms with van der Waals surface area (Å²) in [6, 6.07) is -0.678. The van der Waals surface area contributed by atoms with Gasteiger partial charge in [0.1, 0.15) is 16.8 Å². The Morgan fingerprint density at radius 2 is 1.14 bits per heavy atom. The van der Waals surface area contributed by atoms with Gasteiger partial charge < -0.3 is 24.6 Å². The zero-order chi connectivity index (χ0) is 22.3. The third-order valence-electron chi connectivity index (χ3n) is 3.13. The average Bonchev–Trinajstić information content (AvgIpc) is 2.40. The van der Waals surface area contributed by atoms with Crippen molar-refractivity contribution in [1.82, 2.24) is 5.32 Å². The van der Waals surface area contributed by atoms with Crippen molar-refractivity contribution in [2.75, 3.05) is 6.61 Å². The first kappa shape index (κ1) is 26.2. The van der Waals surface area contributed by atoms with E-state index >= 15 is 0 Å². The van der Waals surface area contributed by atoms with Crippen LogP contribution < -0.4 is 5.32 Å². The topological polar surface area (TPSA) is 111 Å². The van der Waals surface area contributed by atoms with Crippen molar-refractivity contribution >= 4 is 18.0 Å². The quantitative estimate of drug-likeness (QED) is 0.382. The summed E-state index contributed by atoms with van der Waals surface area (Å²) in [5.74, 6) is -2.56. The summed E-state index contributed by atoms with van der Waals surface area (Å²) in [6.07, 6.45) is -0.471. The number of rotatable bonds is 7. The maximum absolute atomic E-state index is 12.5. The van der Waals surface area contributed by atoms with Gasteiger partial charge in [-0.3, -0.25) is 9.59 Å². The second kappa shape index (κ2) is 10.1. The van der Waals surface area contributed by atoms with Crippen molar-refractivity contribution in [2.24, 2.45) is 5.92 Å². The van der Waals surface area contributed by atoms with E-state index in [4.69, 9.17) is 14.2 Å². The highest BCUT2D eigenvalue weighted by Crippen LogP contribution is 2.21. The lowest BCUT2D eigenvalue weighted by molar-refractivity contribution is -0.174. The molecule has 8 nitrogen and oxygen atoms in total. The van der Waals surface area contributed by atoms with E-state index in [1.165, 1.54) is 0 Å². The van der Waals surface area contributed by atoms with E-state index in [1.54, 1.807) is 62.3 Å². The summed E-state index contributed by atoms with van der Waals surface area (Å²) >= 11 is 0. The monoisotopic (exact) mass is 403 g/mol. The fraction of sp³-hybridized carbons (Fsp3) is 0.850. The van der Waals surface area contributed by atoms with Crippen molar-refractivity contribution < 1.29 is 33.7 Å². The molecule has 1 unspecified atom stereocenters. The molecule has 0 aromatic heterocycles. The molecule has 28 heavy (non-hydrogen) atoms. The van der Waals surface area contributed by atoms with Gasteiger partial charge in [-0.2, -0.15) is 0 Å². The molecule has 0 bridgehead atoms. The minimum Gasteiger partial charge on any atom is -0.459 e. The number of ether oxygens (including phenoxy) is 3. The number of amides is 1. The first-order chi connectivity index (χ1) is 12.4. The Hall–Kier alpha value is -1.83. The number of hydrogen-bond donors (Lipinski definition) is 2. The lowest BCUT2D eigenvalue weighted by Gasteiger charge is -2.27. The van der Waals surface area contributed by atoms with Gasteiger partial charge in [0.25, 0.3) is 0 Å². The summed E-state index contributed by atoms with van der Waals surface area (Å²) in [6.45, 7) is 15.0. The van der Waals surface area contributed by atoms with Crippen LogP contribution in [0, 0.1) is 5.92 Å². The van der Waals surface area contributed by atoms with Gasteiger partial charge in [0.15, 0.2) is 5.92 Å². The predicted octanol–water partition coefficient (Wildman–Crippen LogP) is 2.95. The molecule has 8 heteroatoms. The first-order valence-electron chi connectivity index (χ1n) is 9.49. The van der Waals surface area contributed by atoms with Crippen LogP contribution in [0.1, 0.15) is 75.2 Å². The Bertz CT molecular complexity index is 510. The van der Waals surface area contributed by atoms with Crippen molar-refractivity contribution in [2.45, 2.75) is 98.0 Å². The maximum atomic E-state index is 12.5. The van der Waals surface area contributed by atoms with Gasteiger partial charge in [-0.05, 0) is 75.2 Å². The maximum Gasteiger partial charge on any atom is 0.407 e. The van der Waals surface area contributed by atoms with Crippen LogP contribution in [0.3, 0.4) is 0 Å². The molecule has 0 spiro atoms. The van der Waals surface area contributed by atoms with Gasteiger partial charge in [-0.15, -0.1) is 0 Å². The number of alkyl carbamates (subject to hydrolysis) is 1. The highest BCUT2D eigenvalue weighted by Gasteiger charge is 2.35. The molecular weight excluding hydrogens is 366 g/mol. The summed E-state index contributed by atoms with van der Waals surface area (Å²) in [5.41, 5.74) is -2.20. The molecule has 0 fully saturated rings. The highest BCUT2D eigenvalue weighted by molar-refractivity contribution is 5.95. The molecule has 164 valence electrons. The molecule has 1 atom stereocenters. The second-order valence-electron chi connectivity index (χ2n) is 9.72. The number of aliphatic hydroxyl groups is 1. The van der Waals surface area contributed by atoms with Crippen LogP contribution in [0.25, 0.3) is 0 Å². The molecule has 0 saturated heterocycles. The normalized spacial score (nSPS) is 13.7. The van der Waals surface area contributed by atoms with Crippen LogP contribution in [-0.2, 0) is 23.8 Å². The van der Waals surface area contributed by atoms with E-state index in [0.717, 1.165) is 0 Å². The number of aliphatic hydroxyl groups excluding tert-OH is 1. The molecule has 0 aromatic rings. The summed E-state index contributed by atoms with van der Waals surface area (Å²) < 4.78 is 15.8. The number of hydrogen-bond acceptors (Lipinski definition) is 7. The van der Waals surface area contributed by atoms with Gasteiger partial charge in [0, 0.05) is 0 Å². The van der Waals surface area contributed by atoms with Crippen LogP contribution in [0.2, 0.25) is 0 Å². The molecule has 0 heterocycles. The Morgan fingerprint density at radius 3 is 1.46 bits per heavy atom. The summed E-state index contributed by atoms with van der Waals surface area (Å²) in [4.78, 5) is 36.9. The summed E-state index contributed by atoms with van der Waals surface area (Å²) in [5, 5.41) is 12.1. The van der Waals surface area contributed by atoms with Crippen molar-refractivity contribution in [3.63, 3.8) is 0 Å². The van der Waals surface area contributed by atoms with Gasteiger partial charge in [-0.25, -0.2) is 4.79 Å². The Labute approximate surface area is 168 Å². The molecule has 0 saturated carbocycles. The van der Waals surface area contributed by atoms with Crippen LogP contribution in [-0.4, -0.2) is 52.6 Å². The zero-order valence-electron chi connectivity index (χ0n) is 18.7. The van der Waals surface area contributed by atoms with Gasteiger partial charge in [-0.1, -0.05) is 0 Å². The van der Waals surface area contributed by atoms with Gasteiger partial charge in [0.2, 0.25) is 0 Å². The molecule has 0 rings (SSSR count). The van der Waals surface area contributed by atoms with Crippen molar-refractivity contribution in [3.8, 4) is 0 Å². The standard InChI is InChI=1S/C20H37NO7/c1-18(2,3)26-15(23)14(16(24)27-19(4,5)6)11-10-13(12-22)21-17(25)28-20(7,8)9/h13-14,22H,10-12H2,1-9H3,(H,21,25). The van der Waals surface area contributed by atoms with E-state index in [1.807, 2.05) is 0 Å². The minimum absolute atomic E-state index is 0.0465. The van der Waals surface area contributed by atoms with Gasteiger partial charge in [0.05, 0.1) is 12.6 Å². The van der Waals surface area contributed by atoms with Gasteiger partial charge >= 0.3 is 18.0 Å². The SMILES string of the molecule is CC(C)(C)OC(=O)NC(CO)CCC(C(=O)OC(C)(C)C)C(=O)OC(C)(C)C. The fourth-order valence-corrected chi connectivity index (χ4v) is 2.13. The predicted molar refractivity (Wildman–Crippen MR) is 105 cm³/mol. The Balaban J connectivity index is 5.12. The lowest BCUT2D eigenvalue weighted by atomic mass is 9.99. The Kier molecular flexibility index (Phi) is 9.43. The molecule has 0 aromatic carbocycles. The molecule has 0 aliphatic heterocycles. The second-order valence-corrected chi connectivity index (χ2v) is 9.72. The van der Waals surface area contributed by atoms with E-state index in [2.05, 4.69) is 5.32 Å². The lowest BCUT2D eigenvalue weighted by Crippen LogP contribution is -2.42. The van der Waals surface area contributed by atoms with Crippen LogP contribution in [0.15, 0.2) is 0 Å². The molecule has 0 aliphatic carbocycles. The zero-order valence-corrected chi connectivity index (χ0v) is 18.7. The molecule has 2 N–H and O–H groups in total. The Morgan fingerprint density at radius 1 is 0.750 bits per heavy atom. The van der Waals surface area contributed by atoms with E-state index in [-0.39, 0.29) is 19.4 Å². The fourth-order valence-electron chi connectivity index (χ4n) is 2.13. The molecule has 0 aliphatic rings. The largest absolute Gasteiger partial charge is 0.459 e. The first-order valence-corrected chi connectivity index (χ1v) is 9.49. The summed E-state index contributed by atoms with van der Waals surface area (Å²) in [7, 11) is 0. The third kappa shape index (κ3) is 12.5. The smallest absolute Gasteiger partial charge is 0.407 e. The molecule has 0 radical (unpaired) electrons. The van der Waals surface area contributed by atoms with Crippen molar-refractivity contribution in [1.29, 1.82) is 0 Å². The highest BCUT2D eigenvalue weighted by atomic mass is 16.6. The van der Waals surface area contributed by atoms with E-state index < -0.39 is 46.8 Å². The number of nitrogens with one attached hydrogen (secondary N) is 1. The average molecular weight is 404 g/mol. The van der Waals surface area contributed by atoms with E-state index in [0.29, 0.717) is 0 Å². The molecular formula is C20H37NO7. The molecule has 1 amide bonds. The van der Waals surface area contributed by atoms with Crippen LogP contribution >= 0.6 is 0 Å². The number of carbonyl (C=O) groups excluding carboxylic acids is 3. The van der Waals surface area contributed by atoms with Crippen LogP contribution in [0.4, 0.5) is 4.79 Å². The number of carbonyl (C=O) groups is 3. The van der Waals surface area contributed by atoms with Crippen LogP contribution in [0.5, 0.6) is 0 Å². The van der Waals surface area contributed by atoms with E-state index in [9.17, 15) is 19.5 Å².